The number of carbonyl (C=O) groups excluding carboxylic acids is 2. The molecule has 1 aliphatic heterocycles. The molecule has 1 fully saturated rings. The molecule has 126 valence electrons. The molecule has 1 heterocycles. The molecule has 0 spiro atoms. The third kappa shape index (κ3) is 6.78. The van der Waals surface area contributed by atoms with Crippen LogP contribution >= 0.6 is 0 Å². The number of amides is 2. The van der Waals surface area contributed by atoms with Crippen LogP contribution in [0, 0.1) is 5.92 Å². The summed E-state index contributed by atoms with van der Waals surface area (Å²) in [6.45, 7) is 7.31. The fraction of sp³-hybridized carbons (Fsp3) is 0.800. The highest BCUT2D eigenvalue weighted by atomic mass is 16.2. The summed E-state index contributed by atoms with van der Waals surface area (Å²) in [5, 5.41) is 8.72. The minimum Gasteiger partial charge on any atom is -0.359 e. The van der Waals surface area contributed by atoms with Crippen molar-refractivity contribution in [2.45, 2.75) is 33.1 Å². The molecule has 7 nitrogen and oxygen atoms in total. The number of likely N-dealkylation sites (tertiary alicyclic amines) is 1. The molecule has 0 aromatic heterocycles. The molecule has 22 heavy (non-hydrogen) atoms. The van der Waals surface area contributed by atoms with E-state index in [1.54, 1.807) is 7.05 Å². The number of hydrogen-bond donors (Lipinski definition) is 3. The van der Waals surface area contributed by atoms with Crippen molar-refractivity contribution in [1.29, 1.82) is 0 Å². The van der Waals surface area contributed by atoms with E-state index in [4.69, 9.17) is 0 Å². The number of aliphatic imine (C=N–C) groups is 1. The van der Waals surface area contributed by atoms with E-state index in [-0.39, 0.29) is 11.8 Å². The number of piperidine rings is 1. The quantitative estimate of drug-likeness (QED) is 0.364. The first-order valence-electron chi connectivity index (χ1n) is 8.05. The summed E-state index contributed by atoms with van der Waals surface area (Å²) in [5.74, 6) is 1.44. The van der Waals surface area contributed by atoms with Gasteiger partial charge in [-0.25, -0.2) is 0 Å². The molecule has 0 radical (unpaired) electrons. The Morgan fingerprint density at radius 1 is 1.23 bits per heavy atom. The van der Waals surface area contributed by atoms with E-state index in [0.717, 1.165) is 38.4 Å². The molecule has 0 aromatic rings. The van der Waals surface area contributed by atoms with Crippen LogP contribution in [0.4, 0.5) is 0 Å². The Kier molecular flexibility index (Phi) is 8.32. The zero-order chi connectivity index (χ0) is 16.4. The topological polar surface area (TPSA) is 85.8 Å². The molecule has 0 saturated carbocycles. The van der Waals surface area contributed by atoms with Gasteiger partial charge in [0.25, 0.3) is 0 Å². The summed E-state index contributed by atoms with van der Waals surface area (Å²) in [6.07, 6.45) is 2.62. The summed E-state index contributed by atoms with van der Waals surface area (Å²) in [4.78, 5) is 29.1. The van der Waals surface area contributed by atoms with Crippen molar-refractivity contribution < 1.29 is 9.59 Å². The van der Waals surface area contributed by atoms with Crippen LogP contribution in [-0.4, -0.2) is 62.4 Å². The monoisotopic (exact) mass is 311 g/mol. The van der Waals surface area contributed by atoms with Gasteiger partial charge in [-0.05, 0) is 25.7 Å². The van der Waals surface area contributed by atoms with Gasteiger partial charge in [-0.3, -0.25) is 14.6 Å². The van der Waals surface area contributed by atoms with Gasteiger partial charge >= 0.3 is 0 Å². The van der Waals surface area contributed by atoms with E-state index in [2.05, 4.69) is 25.8 Å². The Morgan fingerprint density at radius 3 is 2.45 bits per heavy atom. The molecular weight excluding hydrogens is 282 g/mol. The number of carbonyl (C=O) groups is 2. The van der Waals surface area contributed by atoms with Gasteiger partial charge in [-0.15, -0.1) is 0 Å². The third-order valence-electron chi connectivity index (χ3n) is 3.75. The Morgan fingerprint density at radius 2 is 1.91 bits per heavy atom. The lowest BCUT2D eigenvalue weighted by atomic mass is 9.93. The van der Waals surface area contributed by atoms with Crippen molar-refractivity contribution in [3.8, 4) is 0 Å². The standard InChI is InChI=1S/C15H29N5O2/c1-4-17-15(19-8-7-18-12(2)21)20-9-5-13(6-10-20)11-14(22)16-3/h13H,4-11H2,1-3H3,(H,16,22)(H,17,19)(H,18,21). The number of rotatable bonds is 6. The Hall–Kier alpha value is -1.79. The summed E-state index contributed by atoms with van der Waals surface area (Å²) >= 11 is 0. The SMILES string of the molecule is CCNC(=NCCNC(C)=O)N1CCC(CC(=O)NC)CC1. The van der Waals surface area contributed by atoms with Crippen molar-refractivity contribution in [1.82, 2.24) is 20.9 Å². The lowest BCUT2D eigenvalue weighted by Gasteiger charge is -2.34. The van der Waals surface area contributed by atoms with E-state index in [0.29, 0.717) is 25.4 Å². The largest absolute Gasteiger partial charge is 0.359 e. The highest BCUT2D eigenvalue weighted by Crippen LogP contribution is 2.20. The van der Waals surface area contributed by atoms with Gasteiger partial charge in [0.1, 0.15) is 0 Å². The molecule has 0 atom stereocenters. The predicted molar refractivity (Wildman–Crippen MR) is 87.6 cm³/mol. The van der Waals surface area contributed by atoms with Crippen LogP contribution in [0.3, 0.4) is 0 Å². The van der Waals surface area contributed by atoms with Crippen LogP contribution in [0.15, 0.2) is 4.99 Å². The van der Waals surface area contributed by atoms with Gasteiger partial charge in [-0.2, -0.15) is 0 Å². The lowest BCUT2D eigenvalue weighted by molar-refractivity contribution is -0.122. The predicted octanol–water partition coefficient (Wildman–Crippen LogP) is -0.0639. The highest BCUT2D eigenvalue weighted by Gasteiger charge is 2.22. The summed E-state index contributed by atoms with van der Waals surface area (Å²) in [5.41, 5.74) is 0. The molecule has 1 aliphatic rings. The average Bonchev–Trinajstić information content (AvgIpc) is 2.51. The van der Waals surface area contributed by atoms with Crippen LogP contribution in [-0.2, 0) is 9.59 Å². The van der Waals surface area contributed by atoms with Crippen LogP contribution < -0.4 is 16.0 Å². The first-order chi connectivity index (χ1) is 10.6. The Labute approximate surface area is 132 Å². The molecule has 0 unspecified atom stereocenters. The summed E-state index contributed by atoms with van der Waals surface area (Å²) < 4.78 is 0. The van der Waals surface area contributed by atoms with Gasteiger partial charge in [-0.1, -0.05) is 0 Å². The second kappa shape index (κ2) is 10.0. The molecule has 0 bridgehead atoms. The summed E-state index contributed by atoms with van der Waals surface area (Å²) in [6, 6.07) is 0. The van der Waals surface area contributed by atoms with E-state index >= 15 is 0 Å². The number of nitrogens with one attached hydrogen (secondary N) is 3. The van der Waals surface area contributed by atoms with Gasteiger partial charge in [0.05, 0.1) is 6.54 Å². The molecule has 1 saturated heterocycles. The Bertz CT molecular complexity index is 389. The fourth-order valence-electron chi connectivity index (χ4n) is 2.53. The zero-order valence-corrected chi connectivity index (χ0v) is 13.9. The van der Waals surface area contributed by atoms with Crippen molar-refractivity contribution in [3.63, 3.8) is 0 Å². The van der Waals surface area contributed by atoms with Crippen molar-refractivity contribution in [3.05, 3.63) is 0 Å². The highest BCUT2D eigenvalue weighted by molar-refractivity contribution is 5.80. The molecule has 7 heteroatoms. The zero-order valence-electron chi connectivity index (χ0n) is 13.9. The number of hydrogen-bond acceptors (Lipinski definition) is 3. The van der Waals surface area contributed by atoms with Gasteiger partial charge in [0, 0.05) is 46.6 Å². The second-order valence-corrected chi connectivity index (χ2v) is 5.53. The fourth-order valence-corrected chi connectivity index (χ4v) is 2.53. The van der Waals surface area contributed by atoms with E-state index in [9.17, 15) is 9.59 Å². The van der Waals surface area contributed by atoms with Crippen LogP contribution in [0.1, 0.15) is 33.1 Å². The molecular formula is C15H29N5O2. The minimum absolute atomic E-state index is 0.0322. The van der Waals surface area contributed by atoms with Gasteiger partial charge in [0.2, 0.25) is 11.8 Å². The summed E-state index contributed by atoms with van der Waals surface area (Å²) in [7, 11) is 1.68. The Balaban J connectivity index is 2.43. The van der Waals surface area contributed by atoms with E-state index in [1.165, 1.54) is 6.92 Å². The maximum absolute atomic E-state index is 11.4. The number of guanidine groups is 1. The molecule has 0 aromatic carbocycles. The second-order valence-electron chi connectivity index (χ2n) is 5.53. The van der Waals surface area contributed by atoms with Crippen molar-refractivity contribution >= 4 is 17.8 Å². The van der Waals surface area contributed by atoms with Crippen molar-refractivity contribution in [2.75, 3.05) is 39.8 Å². The third-order valence-corrected chi connectivity index (χ3v) is 3.75. The molecule has 1 rings (SSSR count). The lowest BCUT2D eigenvalue weighted by Crippen LogP contribution is -2.46. The maximum atomic E-state index is 11.4. The molecule has 0 aliphatic carbocycles. The van der Waals surface area contributed by atoms with E-state index in [1.807, 2.05) is 6.92 Å². The maximum Gasteiger partial charge on any atom is 0.220 e. The van der Waals surface area contributed by atoms with Crippen LogP contribution in [0.25, 0.3) is 0 Å². The normalized spacial score (nSPS) is 16.3. The minimum atomic E-state index is -0.0322. The van der Waals surface area contributed by atoms with Crippen LogP contribution in [0.2, 0.25) is 0 Å². The van der Waals surface area contributed by atoms with Gasteiger partial charge < -0.3 is 20.9 Å². The molecule has 2 amide bonds. The first-order valence-corrected chi connectivity index (χ1v) is 8.05. The molecule has 3 N–H and O–H groups in total. The number of nitrogens with zero attached hydrogens (tertiary/aromatic N) is 2. The van der Waals surface area contributed by atoms with Gasteiger partial charge in [0.15, 0.2) is 5.96 Å². The first kappa shape index (κ1) is 18.3. The average molecular weight is 311 g/mol. The van der Waals surface area contributed by atoms with Crippen LogP contribution in [0.5, 0.6) is 0 Å². The van der Waals surface area contributed by atoms with E-state index < -0.39 is 0 Å². The smallest absolute Gasteiger partial charge is 0.220 e. The van der Waals surface area contributed by atoms with Crippen molar-refractivity contribution in [2.24, 2.45) is 10.9 Å².